The van der Waals surface area contributed by atoms with Crippen LogP contribution in [0.15, 0.2) is 82.7 Å². The first-order valence-electron chi connectivity index (χ1n) is 12.9. The lowest BCUT2D eigenvalue weighted by Gasteiger charge is -2.15. The van der Waals surface area contributed by atoms with E-state index in [0.717, 1.165) is 24.1 Å². The van der Waals surface area contributed by atoms with Crippen LogP contribution in [-0.2, 0) is 22.5 Å². The van der Waals surface area contributed by atoms with Crippen molar-refractivity contribution in [2.75, 3.05) is 7.11 Å². The first-order valence-corrected chi connectivity index (χ1v) is 12.9. The molecule has 0 aliphatic rings. The Kier molecular flexibility index (Phi) is 9.14. The van der Waals surface area contributed by atoms with Gasteiger partial charge in [0.25, 0.3) is 5.56 Å². The number of carbonyl (C=O) groups excluding carboxylic acids is 1. The SMILES string of the molecule is CO/N=C(\CCCc1ccccc1)c1ccc2c(=O)n(-c3ccc(F)cc3)c(CCCCC(C)=O)nc2c1. The number of oxime groups is 1. The maximum Gasteiger partial charge on any atom is 0.265 e. The van der Waals surface area contributed by atoms with E-state index in [1.54, 1.807) is 29.7 Å². The lowest BCUT2D eigenvalue weighted by molar-refractivity contribution is -0.117. The first-order chi connectivity index (χ1) is 18.5. The third-order valence-corrected chi connectivity index (χ3v) is 6.46. The van der Waals surface area contributed by atoms with Gasteiger partial charge in [-0.2, -0.15) is 0 Å². The predicted octanol–water partition coefficient (Wildman–Crippen LogP) is 6.20. The molecule has 0 bridgehead atoms. The van der Waals surface area contributed by atoms with Crippen molar-refractivity contribution in [1.82, 2.24) is 9.55 Å². The molecule has 0 radical (unpaired) electrons. The van der Waals surface area contributed by atoms with Gasteiger partial charge in [-0.3, -0.25) is 9.36 Å². The zero-order valence-corrected chi connectivity index (χ0v) is 21.8. The average molecular weight is 514 g/mol. The molecule has 4 rings (SSSR count). The van der Waals surface area contributed by atoms with Gasteiger partial charge in [-0.15, -0.1) is 0 Å². The number of aromatic nitrogens is 2. The molecule has 0 N–H and O–H groups in total. The van der Waals surface area contributed by atoms with Gasteiger partial charge in [-0.25, -0.2) is 9.37 Å². The van der Waals surface area contributed by atoms with Crippen molar-refractivity contribution in [3.8, 4) is 5.69 Å². The van der Waals surface area contributed by atoms with E-state index in [-0.39, 0.29) is 17.2 Å². The molecular formula is C31H32FN3O3. The van der Waals surface area contributed by atoms with Crippen LogP contribution in [0.1, 0.15) is 56.0 Å². The van der Waals surface area contributed by atoms with Crippen LogP contribution in [0.4, 0.5) is 4.39 Å². The molecule has 0 saturated heterocycles. The molecule has 0 saturated carbocycles. The predicted molar refractivity (Wildman–Crippen MR) is 148 cm³/mol. The van der Waals surface area contributed by atoms with Crippen molar-refractivity contribution >= 4 is 22.4 Å². The number of nitrogens with zero attached hydrogens (tertiary/aromatic N) is 3. The number of aryl methyl sites for hydroxylation is 2. The minimum absolute atomic E-state index is 0.134. The second-order valence-electron chi connectivity index (χ2n) is 9.35. The highest BCUT2D eigenvalue weighted by atomic mass is 19.1. The van der Waals surface area contributed by atoms with Gasteiger partial charge in [0.1, 0.15) is 24.5 Å². The number of rotatable bonds is 12. The Hall–Kier alpha value is -4.13. The summed E-state index contributed by atoms with van der Waals surface area (Å²) in [6.07, 6.45) is 4.92. The van der Waals surface area contributed by atoms with Crippen LogP contribution in [0.5, 0.6) is 0 Å². The molecule has 1 heterocycles. The van der Waals surface area contributed by atoms with Gasteiger partial charge in [0.15, 0.2) is 0 Å². The fourth-order valence-electron chi connectivity index (χ4n) is 4.55. The number of benzene rings is 3. The summed E-state index contributed by atoms with van der Waals surface area (Å²) in [4.78, 5) is 35.0. The number of ketones is 1. The van der Waals surface area contributed by atoms with Crippen LogP contribution in [0.3, 0.4) is 0 Å². The Morgan fingerprint density at radius 2 is 1.71 bits per heavy atom. The number of fused-ring (bicyclic) bond motifs is 1. The molecule has 4 aromatic rings. The van der Waals surface area contributed by atoms with Gasteiger partial charge in [0.05, 0.1) is 22.3 Å². The quantitative estimate of drug-likeness (QED) is 0.128. The molecule has 0 unspecified atom stereocenters. The fraction of sp³-hybridized carbons (Fsp3) is 0.290. The summed E-state index contributed by atoms with van der Waals surface area (Å²) in [5.41, 5.74) is 3.81. The lowest BCUT2D eigenvalue weighted by atomic mass is 10.0. The van der Waals surface area contributed by atoms with E-state index in [1.165, 1.54) is 24.8 Å². The van der Waals surface area contributed by atoms with Crippen LogP contribution in [0.25, 0.3) is 16.6 Å². The standard InChI is InChI=1S/C31H32FN3O3/c1-22(36)9-6-7-14-30-33-29-21-24(28(34-38-2)13-8-12-23-10-4-3-5-11-23)15-20-27(29)31(37)35(30)26-18-16-25(32)17-19-26/h3-5,10-11,15-21H,6-9,12-14H2,1-2H3/b34-28+. The molecule has 0 spiro atoms. The number of hydrogen-bond acceptors (Lipinski definition) is 5. The lowest BCUT2D eigenvalue weighted by Crippen LogP contribution is -2.24. The molecule has 0 atom stereocenters. The highest BCUT2D eigenvalue weighted by Crippen LogP contribution is 2.19. The van der Waals surface area contributed by atoms with Gasteiger partial charge in [0.2, 0.25) is 0 Å². The number of Topliss-reactive ketones (excluding diaryl/α,β-unsaturated/α-hetero) is 1. The molecule has 196 valence electrons. The summed E-state index contributed by atoms with van der Waals surface area (Å²) in [6, 6.07) is 21.6. The second-order valence-corrected chi connectivity index (χ2v) is 9.35. The average Bonchev–Trinajstić information content (AvgIpc) is 2.92. The summed E-state index contributed by atoms with van der Waals surface area (Å²) < 4.78 is 15.1. The zero-order valence-electron chi connectivity index (χ0n) is 21.8. The van der Waals surface area contributed by atoms with Crippen LogP contribution in [-0.4, -0.2) is 28.2 Å². The summed E-state index contributed by atoms with van der Waals surface area (Å²) >= 11 is 0. The van der Waals surface area contributed by atoms with Crippen molar-refractivity contribution in [2.24, 2.45) is 5.16 Å². The first kappa shape index (κ1) is 26.9. The summed E-state index contributed by atoms with van der Waals surface area (Å²) in [5.74, 6) is 0.332. The molecule has 7 heteroatoms. The Morgan fingerprint density at radius 3 is 2.42 bits per heavy atom. The van der Waals surface area contributed by atoms with Gasteiger partial charge in [-0.05, 0) is 81.0 Å². The number of unbranched alkanes of at least 4 members (excludes halogenated alkanes) is 1. The molecule has 1 aromatic heterocycles. The molecule has 0 fully saturated rings. The maximum absolute atomic E-state index is 13.6. The molecule has 0 aliphatic heterocycles. The van der Waals surface area contributed by atoms with E-state index in [0.29, 0.717) is 54.5 Å². The van der Waals surface area contributed by atoms with Crippen LogP contribution in [0, 0.1) is 5.82 Å². The third-order valence-electron chi connectivity index (χ3n) is 6.46. The van der Waals surface area contributed by atoms with Crippen molar-refractivity contribution < 1.29 is 14.0 Å². The van der Waals surface area contributed by atoms with E-state index in [4.69, 9.17) is 9.82 Å². The van der Waals surface area contributed by atoms with E-state index >= 15 is 0 Å². The topological polar surface area (TPSA) is 73.5 Å². The number of hydrogen-bond donors (Lipinski definition) is 0. The Bertz CT molecular complexity index is 1480. The monoisotopic (exact) mass is 513 g/mol. The van der Waals surface area contributed by atoms with Gasteiger partial charge >= 0.3 is 0 Å². The molecule has 38 heavy (non-hydrogen) atoms. The molecule has 0 amide bonds. The number of halogens is 1. The molecule has 6 nitrogen and oxygen atoms in total. The fourth-order valence-corrected chi connectivity index (χ4v) is 4.55. The highest BCUT2D eigenvalue weighted by molar-refractivity contribution is 6.02. The van der Waals surface area contributed by atoms with Gasteiger partial charge < -0.3 is 9.63 Å². The van der Waals surface area contributed by atoms with Gasteiger partial charge in [0, 0.05) is 18.4 Å². The number of carbonyl (C=O) groups is 1. The smallest absolute Gasteiger partial charge is 0.265 e. The molecule has 3 aromatic carbocycles. The molecular weight excluding hydrogens is 481 g/mol. The Balaban J connectivity index is 1.67. The summed E-state index contributed by atoms with van der Waals surface area (Å²) in [7, 11) is 1.52. The van der Waals surface area contributed by atoms with Crippen LogP contribution >= 0.6 is 0 Å². The summed E-state index contributed by atoms with van der Waals surface area (Å²) in [6.45, 7) is 1.57. The maximum atomic E-state index is 13.6. The van der Waals surface area contributed by atoms with Crippen molar-refractivity contribution in [2.45, 2.75) is 51.9 Å². The minimum atomic E-state index is -0.375. The zero-order chi connectivity index (χ0) is 26.9. The Labute approximate surface area is 221 Å². The highest BCUT2D eigenvalue weighted by Gasteiger charge is 2.15. The molecule has 0 aliphatic carbocycles. The van der Waals surface area contributed by atoms with E-state index in [2.05, 4.69) is 17.3 Å². The minimum Gasteiger partial charge on any atom is -0.399 e. The third kappa shape index (κ3) is 6.79. The Morgan fingerprint density at radius 1 is 0.947 bits per heavy atom. The largest absolute Gasteiger partial charge is 0.399 e. The van der Waals surface area contributed by atoms with Crippen LogP contribution < -0.4 is 5.56 Å². The normalized spacial score (nSPS) is 11.6. The van der Waals surface area contributed by atoms with Crippen molar-refractivity contribution in [3.63, 3.8) is 0 Å². The van der Waals surface area contributed by atoms with E-state index < -0.39 is 0 Å². The second kappa shape index (κ2) is 12.9. The summed E-state index contributed by atoms with van der Waals surface area (Å²) in [5, 5.41) is 4.73. The van der Waals surface area contributed by atoms with E-state index in [1.807, 2.05) is 30.3 Å². The van der Waals surface area contributed by atoms with Crippen LogP contribution in [0.2, 0.25) is 0 Å². The van der Waals surface area contributed by atoms with Crippen molar-refractivity contribution in [3.05, 3.63) is 106 Å². The van der Waals surface area contributed by atoms with E-state index in [9.17, 15) is 14.0 Å². The van der Waals surface area contributed by atoms with Gasteiger partial charge in [-0.1, -0.05) is 41.6 Å². The van der Waals surface area contributed by atoms with Crippen molar-refractivity contribution in [1.29, 1.82) is 0 Å².